The van der Waals surface area contributed by atoms with Crippen LogP contribution in [0, 0.1) is 5.92 Å². The van der Waals surface area contributed by atoms with Crippen molar-refractivity contribution in [3.8, 4) is 0 Å². The zero-order chi connectivity index (χ0) is 14.6. The van der Waals surface area contributed by atoms with Gasteiger partial charge in [0.05, 0.1) is 7.11 Å². The maximum absolute atomic E-state index is 11.5. The number of carboxylic acid groups (broad SMARTS) is 1. The highest BCUT2D eigenvalue weighted by Crippen LogP contribution is 2.36. The van der Waals surface area contributed by atoms with Crippen molar-refractivity contribution in [1.29, 1.82) is 0 Å². The highest BCUT2D eigenvalue weighted by Gasteiger charge is 2.43. The normalized spacial score (nSPS) is 28.8. The van der Waals surface area contributed by atoms with Gasteiger partial charge in [-0.05, 0) is 32.1 Å². The molecule has 1 aliphatic rings. The van der Waals surface area contributed by atoms with E-state index >= 15 is 0 Å². The molecule has 110 valence electrons. The second-order valence-corrected chi connectivity index (χ2v) is 5.48. The lowest BCUT2D eigenvalue weighted by Crippen LogP contribution is -2.57. The van der Waals surface area contributed by atoms with E-state index in [1.807, 2.05) is 13.8 Å². The average Bonchev–Trinajstić information content (AvgIpc) is 2.36. The van der Waals surface area contributed by atoms with Gasteiger partial charge in [0.25, 0.3) is 0 Å². The molecule has 3 N–H and O–H groups in total. The third-order valence-corrected chi connectivity index (χ3v) is 4.08. The summed E-state index contributed by atoms with van der Waals surface area (Å²) in [5.74, 6) is -0.452. The van der Waals surface area contributed by atoms with Gasteiger partial charge in [-0.3, -0.25) is 4.79 Å². The topological polar surface area (TPSA) is 92.9 Å². The quantitative estimate of drug-likeness (QED) is 0.755. The number of piperidine rings is 1. The predicted octanol–water partition coefficient (Wildman–Crippen LogP) is 1.44. The van der Waals surface area contributed by atoms with Crippen LogP contribution in [0.1, 0.15) is 39.5 Å². The van der Waals surface area contributed by atoms with Crippen molar-refractivity contribution in [3.05, 3.63) is 0 Å². The van der Waals surface area contributed by atoms with E-state index in [1.54, 1.807) is 0 Å². The van der Waals surface area contributed by atoms with Gasteiger partial charge in [-0.2, -0.15) is 0 Å². The number of hydrogen-bond donors (Lipinski definition) is 2. The highest BCUT2D eigenvalue weighted by atomic mass is 16.5. The van der Waals surface area contributed by atoms with Crippen LogP contribution in [0.2, 0.25) is 0 Å². The van der Waals surface area contributed by atoms with Crippen LogP contribution >= 0.6 is 0 Å². The minimum absolute atomic E-state index is 0.0281. The molecule has 1 rings (SSSR count). The molecule has 6 nitrogen and oxygen atoms in total. The Hall–Kier alpha value is -1.30. The number of methoxy groups -OCH3 is 1. The summed E-state index contributed by atoms with van der Waals surface area (Å²) in [5, 5.41) is 9.28. The molecule has 0 aromatic rings. The van der Waals surface area contributed by atoms with Crippen LogP contribution in [0.25, 0.3) is 0 Å². The van der Waals surface area contributed by atoms with Gasteiger partial charge in [-0.1, -0.05) is 13.3 Å². The molecule has 1 aliphatic heterocycles. The number of carbonyl (C=O) groups excluding carboxylic acids is 1. The highest BCUT2D eigenvalue weighted by molar-refractivity contribution is 5.75. The Morgan fingerprint density at radius 3 is 2.68 bits per heavy atom. The SMILES string of the molecule is CCCC1(C)CC(C(N)C(=O)OC)CCN1C(=O)O. The Labute approximate surface area is 113 Å². The summed E-state index contributed by atoms with van der Waals surface area (Å²) in [6.45, 7) is 4.37. The first kappa shape index (κ1) is 15.8. The van der Waals surface area contributed by atoms with Crippen LogP contribution in [0.4, 0.5) is 4.79 Å². The van der Waals surface area contributed by atoms with E-state index in [2.05, 4.69) is 4.74 Å². The van der Waals surface area contributed by atoms with Crippen LogP contribution in [0.3, 0.4) is 0 Å². The van der Waals surface area contributed by atoms with E-state index in [9.17, 15) is 14.7 Å². The molecule has 0 aromatic carbocycles. The molecule has 0 bridgehead atoms. The molecule has 3 unspecified atom stereocenters. The van der Waals surface area contributed by atoms with Crippen LogP contribution in [-0.2, 0) is 9.53 Å². The summed E-state index contributed by atoms with van der Waals surface area (Å²) in [4.78, 5) is 24.3. The first-order valence-electron chi connectivity index (χ1n) is 6.69. The third-order valence-electron chi connectivity index (χ3n) is 4.08. The zero-order valence-corrected chi connectivity index (χ0v) is 11.9. The van der Waals surface area contributed by atoms with Crippen LogP contribution in [0.15, 0.2) is 0 Å². The first-order chi connectivity index (χ1) is 8.85. The summed E-state index contributed by atoms with van der Waals surface area (Å²) in [5.41, 5.74) is 5.45. The number of nitrogens with zero attached hydrogens (tertiary/aromatic N) is 1. The van der Waals surface area contributed by atoms with Crippen molar-refractivity contribution in [1.82, 2.24) is 4.90 Å². The maximum Gasteiger partial charge on any atom is 0.407 e. The number of hydrogen-bond acceptors (Lipinski definition) is 4. The molecule has 1 fully saturated rings. The fraction of sp³-hybridized carbons (Fsp3) is 0.846. The van der Waals surface area contributed by atoms with Crippen molar-refractivity contribution in [3.63, 3.8) is 0 Å². The lowest BCUT2D eigenvalue weighted by atomic mass is 9.76. The van der Waals surface area contributed by atoms with E-state index in [4.69, 9.17) is 5.73 Å². The Morgan fingerprint density at radius 2 is 2.21 bits per heavy atom. The standard InChI is InChI=1S/C13H24N2O4/c1-4-6-13(2)8-9(10(14)11(16)19-3)5-7-15(13)12(17)18/h9-10H,4-8,14H2,1-3H3,(H,17,18). The van der Waals surface area contributed by atoms with Gasteiger partial charge in [-0.25, -0.2) is 4.79 Å². The molecule has 1 heterocycles. The van der Waals surface area contributed by atoms with Gasteiger partial charge in [-0.15, -0.1) is 0 Å². The molecule has 0 spiro atoms. The first-order valence-corrected chi connectivity index (χ1v) is 6.69. The number of carbonyl (C=O) groups is 2. The van der Waals surface area contributed by atoms with Crippen LogP contribution in [-0.4, -0.2) is 47.3 Å². The molecule has 6 heteroatoms. The number of amides is 1. The minimum Gasteiger partial charge on any atom is -0.468 e. The molecule has 1 saturated heterocycles. The molecule has 0 aliphatic carbocycles. The monoisotopic (exact) mass is 272 g/mol. The Bertz CT molecular complexity index is 348. The maximum atomic E-state index is 11.5. The zero-order valence-electron chi connectivity index (χ0n) is 11.9. The average molecular weight is 272 g/mol. The van der Waals surface area contributed by atoms with Crippen LogP contribution in [0.5, 0.6) is 0 Å². The minimum atomic E-state index is -0.902. The van der Waals surface area contributed by atoms with Gasteiger partial charge in [0.15, 0.2) is 0 Å². The van der Waals surface area contributed by atoms with Crippen LogP contribution < -0.4 is 5.73 Å². The number of esters is 1. The van der Waals surface area contributed by atoms with E-state index < -0.39 is 23.6 Å². The lowest BCUT2D eigenvalue weighted by Gasteiger charge is -2.47. The van der Waals surface area contributed by atoms with Crippen molar-refractivity contribution in [2.45, 2.75) is 51.1 Å². The number of ether oxygens (including phenoxy) is 1. The molecular weight excluding hydrogens is 248 g/mol. The largest absolute Gasteiger partial charge is 0.468 e. The molecule has 0 radical (unpaired) electrons. The summed E-state index contributed by atoms with van der Waals surface area (Å²) >= 11 is 0. The molecule has 1 amide bonds. The molecule has 19 heavy (non-hydrogen) atoms. The third kappa shape index (κ3) is 3.37. The van der Waals surface area contributed by atoms with Gasteiger partial charge >= 0.3 is 12.1 Å². The second-order valence-electron chi connectivity index (χ2n) is 5.48. The van der Waals surface area contributed by atoms with Gasteiger partial charge in [0.2, 0.25) is 0 Å². The summed E-state index contributed by atoms with van der Waals surface area (Å²) in [6, 6.07) is -0.669. The van der Waals surface area contributed by atoms with E-state index in [1.165, 1.54) is 12.0 Å². The fourth-order valence-electron chi connectivity index (χ4n) is 3.08. The fourth-order valence-corrected chi connectivity index (χ4v) is 3.08. The van der Waals surface area contributed by atoms with E-state index in [-0.39, 0.29) is 5.92 Å². The van der Waals surface area contributed by atoms with E-state index in [0.717, 1.165) is 12.8 Å². The van der Waals surface area contributed by atoms with Crippen molar-refractivity contribution < 1.29 is 19.4 Å². The second kappa shape index (κ2) is 6.23. The molecule has 0 aromatic heterocycles. The van der Waals surface area contributed by atoms with Crippen molar-refractivity contribution >= 4 is 12.1 Å². The molecular formula is C13H24N2O4. The predicted molar refractivity (Wildman–Crippen MR) is 70.8 cm³/mol. The Morgan fingerprint density at radius 1 is 1.58 bits per heavy atom. The molecule has 3 atom stereocenters. The smallest absolute Gasteiger partial charge is 0.407 e. The van der Waals surface area contributed by atoms with Crippen molar-refractivity contribution in [2.75, 3.05) is 13.7 Å². The number of rotatable bonds is 4. The van der Waals surface area contributed by atoms with Crippen molar-refractivity contribution in [2.24, 2.45) is 11.7 Å². The summed E-state index contributed by atoms with van der Waals surface area (Å²) in [7, 11) is 1.32. The summed E-state index contributed by atoms with van der Waals surface area (Å²) < 4.78 is 4.67. The molecule has 0 saturated carbocycles. The van der Waals surface area contributed by atoms with Gasteiger partial charge < -0.3 is 20.5 Å². The Balaban J connectivity index is 2.84. The van der Waals surface area contributed by atoms with E-state index in [0.29, 0.717) is 19.4 Å². The lowest BCUT2D eigenvalue weighted by molar-refractivity contribution is -0.144. The Kier molecular flexibility index (Phi) is 5.17. The number of nitrogens with two attached hydrogens (primary N) is 1. The van der Waals surface area contributed by atoms with Gasteiger partial charge in [0.1, 0.15) is 6.04 Å². The summed E-state index contributed by atoms with van der Waals surface area (Å²) in [6.07, 6.45) is 1.95. The number of likely N-dealkylation sites (tertiary alicyclic amines) is 1. The van der Waals surface area contributed by atoms with Gasteiger partial charge in [0, 0.05) is 12.1 Å².